The molecule has 0 aromatic carbocycles. The van der Waals surface area contributed by atoms with Crippen LogP contribution in [0.2, 0.25) is 0 Å². The quantitative estimate of drug-likeness (QED) is 0.772. The summed E-state index contributed by atoms with van der Waals surface area (Å²) >= 11 is 5.18. The highest BCUT2D eigenvalue weighted by atomic mass is 79.9. The second-order valence-electron chi connectivity index (χ2n) is 4.43. The molecule has 0 aliphatic carbocycles. The Kier molecular flexibility index (Phi) is 5.28. The van der Waals surface area contributed by atoms with Crippen molar-refractivity contribution >= 4 is 33.2 Å². The summed E-state index contributed by atoms with van der Waals surface area (Å²) < 4.78 is 5.76. The maximum atomic E-state index is 11.3. The van der Waals surface area contributed by atoms with Crippen LogP contribution in [-0.2, 0) is 17.8 Å². The second-order valence-corrected chi connectivity index (χ2v) is 6.34. The molecule has 0 fully saturated rings. The van der Waals surface area contributed by atoms with Crippen molar-refractivity contribution in [3.8, 4) is 0 Å². The largest absolute Gasteiger partial charge is 0.465 e. The number of rotatable bonds is 5. The summed E-state index contributed by atoms with van der Waals surface area (Å²) in [4.78, 5) is 19.1. The molecular formula is C14H15BrN2O2S. The third kappa shape index (κ3) is 4.13. The van der Waals surface area contributed by atoms with Crippen molar-refractivity contribution in [3.05, 3.63) is 50.4 Å². The topological polar surface area (TPSA) is 42.4 Å². The van der Waals surface area contributed by atoms with Crippen molar-refractivity contribution in [1.82, 2.24) is 9.88 Å². The summed E-state index contributed by atoms with van der Waals surface area (Å²) in [6.07, 6.45) is 1.55. The molecular weight excluding hydrogens is 340 g/mol. The highest BCUT2D eigenvalue weighted by Crippen LogP contribution is 2.21. The van der Waals surface area contributed by atoms with Crippen LogP contribution >= 0.6 is 27.3 Å². The number of carbonyl (C=O) groups excluding carboxylic acids is 1. The predicted octanol–water partition coefficient (Wildman–Crippen LogP) is 3.32. The van der Waals surface area contributed by atoms with E-state index in [1.165, 1.54) is 12.0 Å². The lowest BCUT2D eigenvalue weighted by Gasteiger charge is -2.15. The lowest BCUT2D eigenvalue weighted by Crippen LogP contribution is -2.17. The van der Waals surface area contributed by atoms with Crippen LogP contribution in [0.25, 0.3) is 0 Å². The number of aromatic nitrogens is 1. The molecule has 106 valence electrons. The third-order valence-corrected chi connectivity index (χ3v) is 4.41. The van der Waals surface area contributed by atoms with Gasteiger partial charge in [0.25, 0.3) is 0 Å². The van der Waals surface area contributed by atoms with E-state index in [9.17, 15) is 4.79 Å². The Morgan fingerprint density at radius 2 is 2.25 bits per heavy atom. The van der Waals surface area contributed by atoms with Crippen molar-refractivity contribution in [3.63, 3.8) is 0 Å². The van der Waals surface area contributed by atoms with Gasteiger partial charge in [0.1, 0.15) is 0 Å². The van der Waals surface area contributed by atoms with Crippen molar-refractivity contribution < 1.29 is 9.53 Å². The molecule has 0 aliphatic rings. The van der Waals surface area contributed by atoms with Gasteiger partial charge >= 0.3 is 5.97 Å². The maximum Gasteiger partial charge on any atom is 0.339 e. The first-order chi connectivity index (χ1) is 9.58. The molecule has 2 rings (SSSR count). The highest BCUT2D eigenvalue weighted by Gasteiger charge is 2.08. The van der Waals surface area contributed by atoms with Crippen molar-refractivity contribution in [2.75, 3.05) is 14.2 Å². The number of methoxy groups -OCH3 is 1. The fourth-order valence-corrected chi connectivity index (χ4v) is 3.32. The molecule has 4 nitrogen and oxygen atoms in total. The van der Waals surface area contributed by atoms with Crippen LogP contribution in [0.1, 0.15) is 20.9 Å². The van der Waals surface area contributed by atoms with E-state index >= 15 is 0 Å². The third-order valence-electron chi connectivity index (χ3n) is 2.73. The Morgan fingerprint density at radius 3 is 2.80 bits per heavy atom. The van der Waals surface area contributed by atoms with Crippen molar-refractivity contribution in [2.45, 2.75) is 13.1 Å². The van der Waals surface area contributed by atoms with Gasteiger partial charge in [-0.05, 0) is 41.2 Å². The predicted molar refractivity (Wildman–Crippen MR) is 82.8 cm³/mol. The van der Waals surface area contributed by atoms with E-state index in [1.54, 1.807) is 23.6 Å². The van der Waals surface area contributed by atoms with Gasteiger partial charge < -0.3 is 4.74 Å². The first kappa shape index (κ1) is 15.2. The van der Waals surface area contributed by atoms with E-state index in [4.69, 9.17) is 0 Å². The van der Waals surface area contributed by atoms with Crippen LogP contribution in [0.4, 0.5) is 0 Å². The second kappa shape index (κ2) is 6.97. The zero-order chi connectivity index (χ0) is 14.5. The molecule has 20 heavy (non-hydrogen) atoms. The summed E-state index contributed by atoms with van der Waals surface area (Å²) in [5.41, 5.74) is 1.40. The number of pyridine rings is 1. The minimum absolute atomic E-state index is 0.360. The Hall–Kier alpha value is -1.24. The lowest BCUT2D eigenvalue weighted by molar-refractivity contribution is 0.0600. The fraction of sp³-hybridized carbons (Fsp3) is 0.286. The van der Waals surface area contributed by atoms with E-state index < -0.39 is 0 Å². The van der Waals surface area contributed by atoms with Gasteiger partial charge in [0.2, 0.25) is 0 Å². The summed E-state index contributed by atoms with van der Waals surface area (Å²) in [5, 5.41) is 2.08. The average Bonchev–Trinajstić information content (AvgIpc) is 2.84. The normalized spacial score (nSPS) is 10.8. The summed E-state index contributed by atoms with van der Waals surface area (Å²) in [6.45, 7) is 1.60. The average molecular weight is 355 g/mol. The van der Waals surface area contributed by atoms with Gasteiger partial charge in [0.15, 0.2) is 0 Å². The molecule has 2 aromatic heterocycles. The van der Waals surface area contributed by atoms with Gasteiger partial charge in [-0.25, -0.2) is 4.79 Å². The first-order valence-electron chi connectivity index (χ1n) is 6.03. The minimum atomic E-state index is -0.360. The van der Waals surface area contributed by atoms with E-state index in [0.717, 1.165) is 23.3 Å². The summed E-state index contributed by atoms with van der Waals surface area (Å²) in [5.74, 6) is -0.360. The molecule has 0 spiro atoms. The maximum absolute atomic E-state index is 11.3. The van der Waals surface area contributed by atoms with E-state index in [1.807, 2.05) is 13.1 Å². The number of thiophene rings is 1. The number of hydrogen-bond donors (Lipinski definition) is 0. The van der Waals surface area contributed by atoms with Gasteiger partial charge in [-0.2, -0.15) is 0 Å². The first-order valence-corrected chi connectivity index (χ1v) is 7.70. The van der Waals surface area contributed by atoms with Gasteiger partial charge in [0, 0.05) is 34.0 Å². The number of nitrogens with zero attached hydrogens (tertiary/aromatic N) is 2. The number of halogens is 1. The van der Waals surface area contributed by atoms with Crippen LogP contribution in [0, 0.1) is 0 Å². The van der Waals surface area contributed by atoms with Crippen LogP contribution < -0.4 is 0 Å². The van der Waals surface area contributed by atoms with E-state index in [-0.39, 0.29) is 5.97 Å². The number of ether oxygens (including phenoxy) is 1. The molecule has 0 N–H and O–H groups in total. The zero-order valence-electron chi connectivity index (χ0n) is 11.3. The Labute approximate surface area is 130 Å². The van der Waals surface area contributed by atoms with Gasteiger partial charge in [0.05, 0.1) is 18.4 Å². The molecule has 0 bridgehead atoms. The monoisotopic (exact) mass is 354 g/mol. The minimum Gasteiger partial charge on any atom is -0.465 e. The molecule has 0 saturated heterocycles. The molecule has 0 amide bonds. The number of hydrogen-bond acceptors (Lipinski definition) is 5. The van der Waals surface area contributed by atoms with Crippen LogP contribution in [0.5, 0.6) is 0 Å². The van der Waals surface area contributed by atoms with Gasteiger partial charge in [-0.3, -0.25) is 9.88 Å². The van der Waals surface area contributed by atoms with Crippen molar-refractivity contribution in [1.29, 1.82) is 0 Å². The van der Waals surface area contributed by atoms with Crippen LogP contribution in [-0.4, -0.2) is 30.0 Å². The molecule has 0 aliphatic heterocycles. The van der Waals surface area contributed by atoms with Crippen LogP contribution in [0.3, 0.4) is 0 Å². The molecule has 0 atom stereocenters. The Bertz CT molecular complexity index is 583. The van der Waals surface area contributed by atoms with E-state index in [0.29, 0.717) is 5.56 Å². The SMILES string of the molecule is COC(=O)c1ccc(CN(C)Cc2cc(Br)cs2)nc1. The molecule has 0 saturated carbocycles. The van der Waals surface area contributed by atoms with Crippen LogP contribution in [0.15, 0.2) is 34.2 Å². The Morgan fingerprint density at radius 1 is 1.45 bits per heavy atom. The Balaban J connectivity index is 1.94. The zero-order valence-corrected chi connectivity index (χ0v) is 13.7. The molecule has 6 heteroatoms. The highest BCUT2D eigenvalue weighted by molar-refractivity contribution is 9.10. The molecule has 0 radical (unpaired) electrons. The fourth-order valence-electron chi connectivity index (χ4n) is 1.79. The number of esters is 1. The number of carbonyl (C=O) groups is 1. The summed E-state index contributed by atoms with van der Waals surface area (Å²) in [6, 6.07) is 5.71. The lowest BCUT2D eigenvalue weighted by atomic mass is 10.2. The van der Waals surface area contributed by atoms with Crippen molar-refractivity contribution in [2.24, 2.45) is 0 Å². The van der Waals surface area contributed by atoms with E-state index in [2.05, 4.69) is 42.0 Å². The van der Waals surface area contributed by atoms with Gasteiger partial charge in [-0.1, -0.05) is 0 Å². The molecule has 2 heterocycles. The van der Waals surface area contributed by atoms with Gasteiger partial charge in [-0.15, -0.1) is 11.3 Å². The molecule has 2 aromatic rings. The molecule has 0 unspecified atom stereocenters. The summed E-state index contributed by atoms with van der Waals surface area (Å²) in [7, 11) is 3.41. The standard InChI is InChI=1S/C14H15BrN2O2S/c1-17(8-13-5-11(15)9-20-13)7-12-4-3-10(6-16-12)14(18)19-2/h3-6,9H,7-8H2,1-2H3. The smallest absolute Gasteiger partial charge is 0.339 e.